The van der Waals surface area contributed by atoms with E-state index in [0.29, 0.717) is 12.6 Å². The predicted molar refractivity (Wildman–Crippen MR) is 163 cm³/mol. The molecule has 2 aliphatic heterocycles. The van der Waals surface area contributed by atoms with Crippen LogP contribution in [0.1, 0.15) is 51.4 Å². The number of hydrogen-bond donors (Lipinski definition) is 1. The van der Waals surface area contributed by atoms with Gasteiger partial charge in [-0.15, -0.1) is 0 Å². The highest BCUT2D eigenvalue weighted by Crippen LogP contribution is 2.37. The molecule has 3 aliphatic rings. The number of aromatic nitrogens is 4. The number of rotatable bonds is 13. The molecule has 1 saturated carbocycles. The van der Waals surface area contributed by atoms with Crippen molar-refractivity contribution < 1.29 is 9.47 Å². The number of methoxy groups -OCH3 is 1. The summed E-state index contributed by atoms with van der Waals surface area (Å²) in [6.07, 6.45) is 15.7. The van der Waals surface area contributed by atoms with Crippen LogP contribution in [0.15, 0.2) is 30.9 Å². The molecule has 1 N–H and O–H groups in total. The van der Waals surface area contributed by atoms with E-state index < -0.39 is 0 Å². The monoisotopic (exact) mass is 562 g/mol. The van der Waals surface area contributed by atoms with Gasteiger partial charge in [-0.2, -0.15) is 4.98 Å². The second-order valence-electron chi connectivity index (χ2n) is 11.7. The molecule has 222 valence electrons. The first-order valence-corrected chi connectivity index (χ1v) is 15.7. The van der Waals surface area contributed by atoms with Crippen molar-refractivity contribution in [2.24, 2.45) is 0 Å². The van der Waals surface area contributed by atoms with Crippen molar-refractivity contribution >= 4 is 22.7 Å². The van der Waals surface area contributed by atoms with Gasteiger partial charge in [-0.05, 0) is 57.7 Å². The predicted octanol–water partition coefficient (Wildman–Crippen LogP) is 4.27. The average molecular weight is 563 g/mol. The number of hydrogen-bond acceptors (Lipinski definition) is 9. The lowest BCUT2D eigenvalue weighted by Gasteiger charge is -2.39. The Morgan fingerprint density at radius 3 is 2.49 bits per heavy atom. The Bertz CT molecular complexity index is 1230. The molecule has 2 aromatic heterocycles. The van der Waals surface area contributed by atoms with Crippen LogP contribution in [0.2, 0.25) is 0 Å². The number of benzene rings is 1. The second-order valence-corrected chi connectivity index (χ2v) is 11.7. The zero-order valence-electron chi connectivity index (χ0n) is 24.6. The van der Waals surface area contributed by atoms with Gasteiger partial charge < -0.3 is 29.2 Å². The number of aryl methyl sites for hydroxylation is 1. The zero-order chi connectivity index (χ0) is 27.9. The van der Waals surface area contributed by atoms with Gasteiger partial charge in [0, 0.05) is 75.7 Å². The summed E-state index contributed by atoms with van der Waals surface area (Å²) >= 11 is 0. The largest absolute Gasteiger partial charge is 0.493 e. The zero-order valence-corrected chi connectivity index (χ0v) is 24.6. The second kappa shape index (κ2) is 13.7. The lowest BCUT2D eigenvalue weighted by Crippen LogP contribution is -2.50. The molecule has 0 atom stereocenters. The first kappa shape index (κ1) is 28.0. The van der Waals surface area contributed by atoms with Crippen molar-refractivity contribution in [3.63, 3.8) is 0 Å². The van der Waals surface area contributed by atoms with Crippen LogP contribution >= 0.6 is 0 Å². The molecule has 10 heteroatoms. The standard InChI is InChI=1S/C31H46N8O2/c1-40-28-22-26-27(23-29(28)41-21-7-15-36-12-4-5-13-36)34-31(33-10-6-14-37-16-11-32-24-37)35-30(26)39-19-17-38(18-20-39)25-8-2-3-9-25/h11,16,22-25H,2-10,12-15,17-21H2,1H3,(H,33,34,35). The molecule has 10 nitrogen and oxygen atoms in total. The van der Waals surface area contributed by atoms with Gasteiger partial charge in [0.2, 0.25) is 5.95 Å². The van der Waals surface area contributed by atoms with Crippen LogP contribution < -0.4 is 19.7 Å². The van der Waals surface area contributed by atoms with E-state index in [2.05, 4.69) is 35.6 Å². The molecule has 41 heavy (non-hydrogen) atoms. The van der Waals surface area contributed by atoms with Crippen molar-refractivity contribution in [1.29, 1.82) is 0 Å². The topological polar surface area (TPSA) is 83.8 Å². The minimum absolute atomic E-state index is 0.665. The number of anilines is 2. The summed E-state index contributed by atoms with van der Waals surface area (Å²) in [7, 11) is 1.72. The molecule has 3 fully saturated rings. The Kier molecular flexibility index (Phi) is 9.37. The number of nitrogens with one attached hydrogen (secondary N) is 1. The fraction of sp³-hybridized carbons (Fsp3) is 0.645. The molecule has 1 aromatic carbocycles. The van der Waals surface area contributed by atoms with Crippen molar-refractivity contribution in [2.75, 3.05) is 76.3 Å². The summed E-state index contributed by atoms with van der Waals surface area (Å²) in [5, 5.41) is 4.51. The molecule has 0 bridgehead atoms. The van der Waals surface area contributed by atoms with E-state index in [1.54, 1.807) is 7.11 Å². The van der Waals surface area contributed by atoms with E-state index in [1.165, 1.54) is 51.6 Å². The van der Waals surface area contributed by atoms with Gasteiger partial charge in [-0.25, -0.2) is 9.97 Å². The maximum Gasteiger partial charge on any atom is 0.225 e. The molecular formula is C31H46N8O2. The maximum atomic E-state index is 6.27. The van der Waals surface area contributed by atoms with Crippen LogP contribution in [0.25, 0.3) is 10.9 Å². The van der Waals surface area contributed by atoms with Gasteiger partial charge in [0.15, 0.2) is 11.5 Å². The van der Waals surface area contributed by atoms with E-state index in [9.17, 15) is 0 Å². The van der Waals surface area contributed by atoms with E-state index in [-0.39, 0.29) is 0 Å². The smallest absolute Gasteiger partial charge is 0.225 e. The van der Waals surface area contributed by atoms with E-state index in [4.69, 9.17) is 19.4 Å². The summed E-state index contributed by atoms with van der Waals surface area (Å²) in [5.74, 6) is 3.15. The summed E-state index contributed by atoms with van der Waals surface area (Å²) in [5.41, 5.74) is 0.890. The Labute approximate surface area is 244 Å². The number of nitrogens with zero attached hydrogens (tertiary/aromatic N) is 7. The molecule has 3 aromatic rings. The average Bonchev–Trinajstić information content (AvgIpc) is 3.81. The summed E-state index contributed by atoms with van der Waals surface area (Å²) in [6.45, 7) is 9.98. The first-order chi connectivity index (χ1) is 20.3. The highest BCUT2D eigenvalue weighted by Gasteiger charge is 2.28. The first-order valence-electron chi connectivity index (χ1n) is 15.7. The lowest BCUT2D eigenvalue weighted by atomic mass is 10.1. The summed E-state index contributed by atoms with van der Waals surface area (Å²) < 4.78 is 14.2. The highest BCUT2D eigenvalue weighted by atomic mass is 16.5. The van der Waals surface area contributed by atoms with Gasteiger partial charge >= 0.3 is 0 Å². The molecule has 0 amide bonds. The number of likely N-dealkylation sites (tertiary alicyclic amines) is 1. The SMILES string of the molecule is COc1cc2c(N3CCN(C4CCCC4)CC3)nc(NCCCn3ccnc3)nc2cc1OCCCN1CCCC1. The molecule has 4 heterocycles. The number of ether oxygens (including phenoxy) is 2. The summed E-state index contributed by atoms with van der Waals surface area (Å²) in [6, 6.07) is 4.88. The Morgan fingerprint density at radius 1 is 0.902 bits per heavy atom. The Hall–Kier alpha value is -3.11. The third kappa shape index (κ3) is 7.04. The third-order valence-electron chi connectivity index (χ3n) is 8.93. The molecule has 0 spiro atoms. The minimum Gasteiger partial charge on any atom is -0.493 e. The van der Waals surface area contributed by atoms with Gasteiger partial charge in [0.25, 0.3) is 0 Å². The van der Waals surface area contributed by atoms with Crippen LogP contribution in [0.4, 0.5) is 11.8 Å². The number of piperazine rings is 1. The van der Waals surface area contributed by atoms with Crippen molar-refractivity contribution in [3.8, 4) is 11.5 Å². The van der Waals surface area contributed by atoms with Crippen molar-refractivity contribution in [3.05, 3.63) is 30.9 Å². The summed E-state index contributed by atoms with van der Waals surface area (Å²) in [4.78, 5) is 21.8. The fourth-order valence-corrected chi connectivity index (χ4v) is 6.64. The van der Waals surface area contributed by atoms with Crippen LogP contribution in [0.3, 0.4) is 0 Å². The lowest BCUT2D eigenvalue weighted by molar-refractivity contribution is 0.187. The molecular weight excluding hydrogens is 516 g/mol. The van der Waals surface area contributed by atoms with Crippen molar-refractivity contribution in [2.45, 2.75) is 64.0 Å². The van der Waals surface area contributed by atoms with Crippen LogP contribution in [0, 0.1) is 0 Å². The van der Waals surface area contributed by atoms with Gasteiger partial charge in [-0.3, -0.25) is 4.90 Å². The van der Waals surface area contributed by atoms with Gasteiger partial charge in [0.05, 0.1) is 25.6 Å². The van der Waals surface area contributed by atoms with Gasteiger partial charge in [-0.1, -0.05) is 12.8 Å². The van der Waals surface area contributed by atoms with E-state index in [0.717, 1.165) is 92.9 Å². The molecule has 6 rings (SSSR count). The van der Waals surface area contributed by atoms with Crippen LogP contribution in [0.5, 0.6) is 11.5 Å². The van der Waals surface area contributed by atoms with Crippen molar-refractivity contribution in [1.82, 2.24) is 29.3 Å². The molecule has 0 radical (unpaired) electrons. The Morgan fingerprint density at radius 2 is 1.73 bits per heavy atom. The molecule has 0 unspecified atom stereocenters. The number of fused-ring (bicyclic) bond motifs is 1. The normalized spacial score (nSPS) is 18.9. The maximum absolute atomic E-state index is 6.27. The molecule has 1 aliphatic carbocycles. The van der Waals surface area contributed by atoms with E-state index >= 15 is 0 Å². The fourth-order valence-electron chi connectivity index (χ4n) is 6.64. The van der Waals surface area contributed by atoms with Crippen LogP contribution in [-0.4, -0.2) is 101 Å². The molecule has 2 saturated heterocycles. The van der Waals surface area contributed by atoms with Gasteiger partial charge in [0.1, 0.15) is 5.82 Å². The Balaban J connectivity index is 1.19. The van der Waals surface area contributed by atoms with E-state index in [1.807, 2.05) is 24.8 Å². The van der Waals surface area contributed by atoms with Crippen LogP contribution in [-0.2, 0) is 6.54 Å². The quantitative estimate of drug-likeness (QED) is 0.307. The third-order valence-corrected chi connectivity index (χ3v) is 8.93. The highest BCUT2D eigenvalue weighted by molar-refractivity contribution is 5.93. The minimum atomic E-state index is 0.665. The number of imidazole rings is 1.